The van der Waals surface area contributed by atoms with E-state index in [-0.39, 0.29) is 52.0 Å². The van der Waals surface area contributed by atoms with Crippen molar-refractivity contribution in [2.75, 3.05) is 12.8 Å². The number of ketones is 1. The number of carbonyl (C=O) groups is 3. The van der Waals surface area contributed by atoms with Gasteiger partial charge in [0.05, 0.1) is 26.7 Å². The number of aliphatic imine (C=N–C) groups is 1. The second-order valence-corrected chi connectivity index (χ2v) is 12.6. The third-order valence-corrected chi connectivity index (χ3v) is 8.59. The van der Waals surface area contributed by atoms with Gasteiger partial charge >= 0.3 is 5.97 Å². The summed E-state index contributed by atoms with van der Waals surface area (Å²) in [5.74, 6) is -4.16. The molecule has 0 spiro atoms. The third-order valence-electron chi connectivity index (χ3n) is 6.77. The molecule has 0 fully saturated rings. The zero-order valence-corrected chi connectivity index (χ0v) is 24.9. The van der Waals surface area contributed by atoms with Gasteiger partial charge in [-0.05, 0) is 59.5 Å². The quantitative estimate of drug-likeness (QED) is 0.193. The van der Waals surface area contributed by atoms with Crippen molar-refractivity contribution in [1.82, 2.24) is 4.90 Å². The lowest BCUT2D eigenvalue weighted by molar-refractivity contribution is -0.138. The molecule has 1 N–H and O–H groups in total. The normalized spacial score (nSPS) is 14.2. The summed E-state index contributed by atoms with van der Waals surface area (Å²) in [4.78, 5) is 43.0. The molecule has 0 unspecified atom stereocenters. The Kier molecular flexibility index (Phi) is 9.79. The Bertz CT molecular complexity index is 1770. The standard InChI is InChI=1S/C30H24Cl2F2N2O6S/c1-43(41,42)19-5-2-4-17(12-19)13-25(30(39)40)35-15-26(37)28-22(31)14-18-16-36(11-10-20(18)29(28)32)27(38)9-8-21-23(33)6-3-7-24(21)34/h2-9,12,14-15,25H,10-11,13,16H2,1H3,(H,39,40)/b9-8+,35-15?/t25-/m0/s1. The predicted molar refractivity (Wildman–Crippen MR) is 158 cm³/mol. The van der Waals surface area contributed by atoms with Crippen LogP contribution in [0.4, 0.5) is 8.78 Å². The summed E-state index contributed by atoms with van der Waals surface area (Å²) in [6.07, 6.45) is 4.08. The number of fused-ring (bicyclic) bond motifs is 1. The van der Waals surface area contributed by atoms with E-state index < -0.39 is 45.2 Å². The first-order valence-electron chi connectivity index (χ1n) is 12.8. The number of Topliss-reactive ketones (excluding diaryl/α,β-unsaturated/α-hetero) is 1. The third kappa shape index (κ3) is 7.54. The summed E-state index contributed by atoms with van der Waals surface area (Å²) in [7, 11) is -3.51. The maximum Gasteiger partial charge on any atom is 0.328 e. The Morgan fingerprint density at radius 3 is 2.42 bits per heavy atom. The van der Waals surface area contributed by atoms with E-state index in [4.69, 9.17) is 23.2 Å². The topological polar surface area (TPSA) is 121 Å². The van der Waals surface area contributed by atoms with Gasteiger partial charge in [-0.3, -0.25) is 14.6 Å². The van der Waals surface area contributed by atoms with E-state index in [2.05, 4.69) is 4.99 Å². The fraction of sp³-hybridized carbons (Fsp3) is 0.200. The van der Waals surface area contributed by atoms with Crippen LogP contribution in [0.25, 0.3) is 6.08 Å². The van der Waals surface area contributed by atoms with Crippen LogP contribution in [0.2, 0.25) is 10.0 Å². The van der Waals surface area contributed by atoms with Crippen LogP contribution in [0, 0.1) is 11.6 Å². The van der Waals surface area contributed by atoms with Crippen LogP contribution in [0.5, 0.6) is 0 Å². The molecule has 1 atom stereocenters. The monoisotopic (exact) mass is 648 g/mol. The molecule has 1 aliphatic heterocycles. The summed E-state index contributed by atoms with van der Waals surface area (Å²) in [5, 5.41) is 9.65. The van der Waals surface area contributed by atoms with Crippen molar-refractivity contribution >= 4 is 63.0 Å². The Morgan fingerprint density at radius 1 is 1.09 bits per heavy atom. The highest BCUT2D eigenvalue weighted by Crippen LogP contribution is 2.35. The average Bonchev–Trinajstić information content (AvgIpc) is 2.94. The number of nitrogens with zero attached hydrogens (tertiary/aromatic N) is 2. The van der Waals surface area contributed by atoms with Gasteiger partial charge in [-0.15, -0.1) is 0 Å². The SMILES string of the molecule is CS(=O)(=O)c1cccc(C[C@H](N=CC(=O)c2c(Cl)cc3c(c2Cl)CCN(C(=O)/C=C/c2c(F)cccc2F)C3)C(=O)O)c1. The molecular formula is C30H24Cl2F2N2O6S. The van der Waals surface area contributed by atoms with Crippen LogP contribution in [0.3, 0.4) is 0 Å². The van der Waals surface area contributed by atoms with Crippen molar-refractivity contribution in [2.24, 2.45) is 4.99 Å². The van der Waals surface area contributed by atoms with Gasteiger partial charge in [-0.1, -0.05) is 41.4 Å². The second kappa shape index (κ2) is 13.2. The Balaban J connectivity index is 1.51. The van der Waals surface area contributed by atoms with E-state index in [0.29, 0.717) is 16.7 Å². The maximum absolute atomic E-state index is 13.9. The molecule has 1 heterocycles. The first kappa shape index (κ1) is 32.0. The van der Waals surface area contributed by atoms with Crippen molar-refractivity contribution in [3.8, 4) is 0 Å². The lowest BCUT2D eigenvalue weighted by atomic mass is 9.95. The zero-order valence-electron chi connectivity index (χ0n) is 22.6. The zero-order chi connectivity index (χ0) is 31.5. The average molecular weight is 649 g/mol. The number of carboxylic acid groups (broad SMARTS) is 1. The number of aliphatic carboxylic acids is 1. The Hall–Kier alpha value is -3.93. The largest absolute Gasteiger partial charge is 0.480 e. The molecule has 43 heavy (non-hydrogen) atoms. The number of halogens is 4. The molecule has 1 aliphatic rings. The van der Waals surface area contributed by atoms with E-state index in [1.165, 1.54) is 35.2 Å². The van der Waals surface area contributed by atoms with Gasteiger partial charge in [-0.25, -0.2) is 22.0 Å². The Morgan fingerprint density at radius 2 is 1.77 bits per heavy atom. The van der Waals surface area contributed by atoms with Gasteiger partial charge in [0.2, 0.25) is 11.7 Å². The number of sulfone groups is 1. The van der Waals surface area contributed by atoms with Crippen LogP contribution in [0.1, 0.15) is 32.6 Å². The first-order chi connectivity index (χ1) is 20.3. The molecule has 13 heteroatoms. The fourth-order valence-corrected chi connectivity index (χ4v) is 6.02. The van der Waals surface area contributed by atoms with Crippen LogP contribution in [-0.2, 0) is 38.8 Å². The predicted octanol–water partition coefficient (Wildman–Crippen LogP) is 5.22. The molecule has 3 aromatic carbocycles. The van der Waals surface area contributed by atoms with Gasteiger partial charge < -0.3 is 10.0 Å². The molecule has 1 amide bonds. The number of carboxylic acids is 1. The molecule has 0 saturated heterocycles. The number of rotatable bonds is 9. The molecule has 4 rings (SSSR count). The number of amides is 1. The van der Waals surface area contributed by atoms with Crippen LogP contribution in [0.15, 0.2) is 64.5 Å². The first-order valence-corrected chi connectivity index (χ1v) is 15.4. The van der Waals surface area contributed by atoms with Gasteiger partial charge in [0.25, 0.3) is 0 Å². The van der Waals surface area contributed by atoms with Crippen molar-refractivity contribution in [1.29, 1.82) is 0 Å². The van der Waals surface area contributed by atoms with E-state index in [1.54, 1.807) is 6.07 Å². The van der Waals surface area contributed by atoms with Gasteiger partial charge in [0, 0.05) is 37.4 Å². The van der Waals surface area contributed by atoms with E-state index in [9.17, 15) is 36.7 Å². The summed E-state index contributed by atoms with van der Waals surface area (Å²) < 4.78 is 51.5. The highest BCUT2D eigenvalue weighted by Gasteiger charge is 2.27. The highest BCUT2D eigenvalue weighted by atomic mass is 35.5. The molecule has 0 bridgehead atoms. The summed E-state index contributed by atoms with van der Waals surface area (Å²) in [6.45, 7) is 0.278. The molecular weight excluding hydrogens is 625 g/mol. The summed E-state index contributed by atoms with van der Waals surface area (Å²) in [6, 6.07) is 9.26. The molecule has 0 aromatic heterocycles. The number of carbonyl (C=O) groups excluding carboxylic acids is 2. The molecule has 8 nitrogen and oxygen atoms in total. The molecule has 3 aromatic rings. The van der Waals surface area contributed by atoms with Crippen molar-refractivity contribution in [3.63, 3.8) is 0 Å². The van der Waals surface area contributed by atoms with Gasteiger partial charge in [0.1, 0.15) is 11.6 Å². The number of hydrogen-bond acceptors (Lipinski definition) is 6. The highest BCUT2D eigenvalue weighted by molar-refractivity contribution is 7.90. The smallest absolute Gasteiger partial charge is 0.328 e. The van der Waals surface area contributed by atoms with Crippen LogP contribution < -0.4 is 0 Å². The van der Waals surface area contributed by atoms with Crippen molar-refractivity contribution in [2.45, 2.75) is 30.3 Å². The van der Waals surface area contributed by atoms with Crippen LogP contribution >= 0.6 is 23.2 Å². The van der Waals surface area contributed by atoms with E-state index >= 15 is 0 Å². The molecule has 0 aliphatic carbocycles. The van der Waals surface area contributed by atoms with E-state index in [1.807, 2.05) is 0 Å². The van der Waals surface area contributed by atoms with Gasteiger partial charge in [-0.2, -0.15) is 0 Å². The minimum atomic E-state index is -3.51. The Labute approximate surface area is 256 Å². The summed E-state index contributed by atoms with van der Waals surface area (Å²) in [5.41, 5.74) is 1.13. The lowest BCUT2D eigenvalue weighted by Gasteiger charge is -2.29. The minimum Gasteiger partial charge on any atom is -0.480 e. The second-order valence-electron chi connectivity index (χ2n) is 9.78. The molecule has 0 radical (unpaired) electrons. The van der Waals surface area contributed by atoms with Crippen LogP contribution in [-0.4, -0.2) is 61.1 Å². The van der Waals surface area contributed by atoms with Gasteiger partial charge in [0.15, 0.2) is 15.9 Å². The van der Waals surface area contributed by atoms with E-state index in [0.717, 1.165) is 36.8 Å². The minimum absolute atomic E-state index is 0.0251. The fourth-order valence-electron chi connectivity index (χ4n) is 4.55. The van der Waals surface area contributed by atoms with Crippen molar-refractivity contribution < 1.29 is 36.7 Å². The molecule has 224 valence electrons. The van der Waals surface area contributed by atoms with Crippen molar-refractivity contribution in [3.05, 3.63) is 104 Å². The summed E-state index contributed by atoms with van der Waals surface area (Å²) >= 11 is 12.9. The maximum atomic E-state index is 13.9. The lowest BCUT2D eigenvalue weighted by Crippen LogP contribution is -2.35. The number of hydrogen-bond donors (Lipinski definition) is 1. The molecule has 0 saturated carbocycles. The number of benzene rings is 3.